The maximum Gasteiger partial charge on any atom is 0.327 e. The number of methoxy groups -OCH3 is 1. The van der Waals surface area contributed by atoms with Gasteiger partial charge in [-0.2, -0.15) is 0 Å². The van der Waals surface area contributed by atoms with Gasteiger partial charge in [0.25, 0.3) is 0 Å². The van der Waals surface area contributed by atoms with Crippen LogP contribution in [0.5, 0.6) is 0 Å². The van der Waals surface area contributed by atoms with E-state index in [1.54, 1.807) is 14.0 Å². The van der Waals surface area contributed by atoms with Gasteiger partial charge in [-0.05, 0) is 24.6 Å². The van der Waals surface area contributed by atoms with Gasteiger partial charge in [-0.15, -0.1) is 0 Å². The van der Waals surface area contributed by atoms with Crippen molar-refractivity contribution in [2.75, 3.05) is 26.9 Å². The van der Waals surface area contributed by atoms with Crippen LogP contribution in [0.1, 0.15) is 18.5 Å². The van der Waals surface area contributed by atoms with E-state index in [4.69, 9.17) is 9.47 Å². The third-order valence-electron chi connectivity index (χ3n) is 2.36. The molecule has 0 spiro atoms. The Hall–Kier alpha value is -0.910. The molecule has 0 aliphatic rings. The van der Waals surface area contributed by atoms with E-state index in [0.29, 0.717) is 19.8 Å². The molecule has 1 N–H and O–H groups in total. The first-order valence-electron chi connectivity index (χ1n) is 5.83. The number of halogens is 1. The number of hydrogen-bond acceptors (Lipinski definition) is 4. The first-order valence-corrected chi connectivity index (χ1v) is 6.62. The molecule has 0 saturated heterocycles. The number of esters is 1. The van der Waals surface area contributed by atoms with Crippen LogP contribution in [-0.2, 0) is 14.3 Å². The fourth-order valence-corrected chi connectivity index (χ4v) is 1.97. The molecule has 100 valence electrons. The highest BCUT2D eigenvalue weighted by molar-refractivity contribution is 9.10. The smallest absolute Gasteiger partial charge is 0.327 e. The summed E-state index contributed by atoms with van der Waals surface area (Å²) < 4.78 is 11.0. The van der Waals surface area contributed by atoms with Gasteiger partial charge in [0.1, 0.15) is 6.04 Å². The molecule has 0 amide bonds. The quantitative estimate of drug-likeness (QED) is 0.619. The molecule has 0 bridgehead atoms. The lowest BCUT2D eigenvalue weighted by molar-refractivity contribution is -0.145. The van der Waals surface area contributed by atoms with E-state index < -0.39 is 6.04 Å². The van der Waals surface area contributed by atoms with Crippen LogP contribution in [0, 0.1) is 0 Å². The van der Waals surface area contributed by atoms with Crippen LogP contribution in [0.25, 0.3) is 0 Å². The highest BCUT2D eigenvalue weighted by Gasteiger charge is 2.21. The normalized spacial score (nSPS) is 12.2. The Morgan fingerprint density at radius 2 is 2.28 bits per heavy atom. The van der Waals surface area contributed by atoms with Gasteiger partial charge in [-0.25, -0.2) is 4.79 Å². The first kappa shape index (κ1) is 15.1. The fourth-order valence-electron chi connectivity index (χ4n) is 1.55. The van der Waals surface area contributed by atoms with Gasteiger partial charge in [0, 0.05) is 18.1 Å². The summed E-state index contributed by atoms with van der Waals surface area (Å²) in [5.74, 6) is -0.272. The average Bonchev–Trinajstić information content (AvgIpc) is 2.35. The van der Waals surface area contributed by atoms with Crippen LogP contribution in [0.4, 0.5) is 0 Å². The number of benzene rings is 1. The number of carbonyl (C=O) groups is 1. The van der Waals surface area contributed by atoms with E-state index in [-0.39, 0.29) is 5.97 Å². The van der Waals surface area contributed by atoms with Crippen LogP contribution < -0.4 is 5.32 Å². The Labute approximate surface area is 116 Å². The van der Waals surface area contributed by atoms with Crippen LogP contribution in [0.15, 0.2) is 28.7 Å². The summed E-state index contributed by atoms with van der Waals surface area (Å²) in [6.07, 6.45) is 0. The van der Waals surface area contributed by atoms with Crippen molar-refractivity contribution in [1.29, 1.82) is 0 Å². The lowest BCUT2D eigenvalue weighted by Gasteiger charge is -2.17. The van der Waals surface area contributed by atoms with Crippen LogP contribution in [0.2, 0.25) is 0 Å². The molecule has 1 unspecified atom stereocenters. The number of nitrogens with one attached hydrogen (secondary N) is 1. The summed E-state index contributed by atoms with van der Waals surface area (Å²) >= 11 is 3.40. The molecule has 0 aromatic heterocycles. The summed E-state index contributed by atoms with van der Waals surface area (Å²) in [6.45, 7) is 3.30. The molecule has 1 atom stereocenters. The van der Waals surface area contributed by atoms with Crippen molar-refractivity contribution in [2.24, 2.45) is 0 Å². The summed E-state index contributed by atoms with van der Waals surface area (Å²) in [6, 6.07) is 7.15. The minimum Gasteiger partial charge on any atom is -0.465 e. The largest absolute Gasteiger partial charge is 0.465 e. The lowest BCUT2D eigenvalue weighted by atomic mass is 10.1. The van der Waals surface area contributed by atoms with E-state index in [1.807, 2.05) is 24.3 Å². The van der Waals surface area contributed by atoms with E-state index in [1.165, 1.54) is 0 Å². The molecule has 1 aromatic rings. The summed E-state index contributed by atoms with van der Waals surface area (Å²) in [5.41, 5.74) is 0.874. The second-order valence-corrected chi connectivity index (χ2v) is 4.60. The highest BCUT2D eigenvalue weighted by Crippen LogP contribution is 2.19. The topological polar surface area (TPSA) is 47.6 Å². The van der Waals surface area contributed by atoms with Crippen molar-refractivity contribution in [3.63, 3.8) is 0 Å². The summed E-state index contributed by atoms with van der Waals surface area (Å²) in [7, 11) is 1.63. The second kappa shape index (κ2) is 8.24. The summed E-state index contributed by atoms with van der Waals surface area (Å²) in [5, 5.41) is 3.13. The van der Waals surface area contributed by atoms with E-state index >= 15 is 0 Å². The van der Waals surface area contributed by atoms with Crippen molar-refractivity contribution in [2.45, 2.75) is 13.0 Å². The molecule has 0 radical (unpaired) electrons. The van der Waals surface area contributed by atoms with Crippen LogP contribution in [-0.4, -0.2) is 32.8 Å². The maximum absolute atomic E-state index is 11.9. The average molecular weight is 316 g/mol. The third-order valence-corrected chi connectivity index (χ3v) is 2.85. The first-order chi connectivity index (χ1) is 8.69. The molecule has 1 aromatic carbocycles. The predicted molar refractivity (Wildman–Crippen MR) is 73.4 cm³/mol. The third kappa shape index (κ3) is 4.76. The standard InChI is InChI=1S/C13H18BrNO3/c1-3-18-13(16)12(15-7-8-17-2)10-5-4-6-11(14)9-10/h4-6,9,12,15H,3,7-8H2,1-2H3. The fraction of sp³-hybridized carbons (Fsp3) is 0.462. The zero-order chi connectivity index (χ0) is 13.4. The van der Waals surface area contributed by atoms with E-state index in [0.717, 1.165) is 10.0 Å². The zero-order valence-electron chi connectivity index (χ0n) is 10.6. The molecule has 4 nitrogen and oxygen atoms in total. The highest BCUT2D eigenvalue weighted by atomic mass is 79.9. The Balaban J connectivity index is 2.78. The molecule has 0 saturated carbocycles. The minimum atomic E-state index is -0.461. The number of ether oxygens (including phenoxy) is 2. The van der Waals surface area contributed by atoms with Gasteiger partial charge in [-0.3, -0.25) is 5.32 Å². The minimum absolute atomic E-state index is 0.272. The Kier molecular flexibility index (Phi) is 6.93. The molecule has 0 aliphatic carbocycles. The Bertz CT molecular complexity index is 384. The molecule has 0 aliphatic heterocycles. The molecule has 0 heterocycles. The lowest BCUT2D eigenvalue weighted by Crippen LogP contribution is -2.32. The Morgan fingerprint density at radius 1 is 1.50 bits per heavy atom. The molecule has 18 heavy (non-hydrogen) atoms. The molecule has 0 fully saturated rings. The van der Waals surface area contributed by atoms with Crippen LogP contribution in [0.3, 0.4) is 0 Å². The van der Waals surface area contributed by atoms with E-state index in [2.05, 4.69) is 21.2 Å². The molecule has 5 heteroatoms. The van der Waals surface area contributed by atoms with Crippen molar-refractivity contribution in [1.82, 2.24) is 5.32 Å². The van der Waals surface area contributed by atoms with Crippen molar-refractivity contribution < 1.29 is 14.3 Å². The van der Waals surface area contributed by atoms with Gasteiger partial charge in [0.05, 0.1) is 13.2 Å². The van der Waals surface area contributed by atoms with Crippen LogP contribution >= 0.6 is 15.9 Å². The van der Waals surface area contributed by atoms with Gasteiger partial charge < -0.3 is 9.47 Å². The molecular formula is C13H18BrNO3. The summed E-state index contributed by atoms with van der Waals surface area (Å²) in [4.78, 5) is 11.9. The number of rotatable bonds is 7. The monoisotopic (exact) mass is 315 g/mol. The predicted octanol–water partition coefficient (Wildman–Crippen LogP) is 2.29. The SMILES string of the molecule is CCOC(=O)C(NCCOC)c1cccc(Br)c1. The van der Waals surface area contributed by atoms with Gasteiger partial charge in [-0.1, -0.05) is 28.1 Å². The van der Waals surface area contributed by atoms with Gasteiger partial charge >= 0.3 is 5.97 Å². The maximum atomic E-state index is 11.9. The number of hydrogen-bond donors (Lipinski definition) is 1. The van der Waals surface area contributed by atoms with Gasteiger partial charge in [0.2, 0.25) is 0 Å². The molecule has 1 rings (SSSR count). The van der Waals surface area contributed by atoms with E-state index in [9.17, 15) is 4.79 Å². The van der Waals surface area contributed by atoms with Gasteiger partial charge in [0.15, 0.2) is 0 Å². The van der Waals surface area contributed by atoms with Crippen molar-refractivity contribution >= 4 is 21.9 Å². The van der Waals surface area contributed by atoms with Crippen molar-refractivity contribution in [3.8, 4) is 0 Å². The zero-order valence-corrected chi connectivity index (χ0v) is 12.2. The second-order valence-electron chi connectivity index (χ2n) is 3.69. The number of carbonyl (C=O) groups excluding carboxylic acids is 1. The Morgan fingerprint density at radius 3 is 2.89 bits per heavy atom. The van der Waals surface area contributed by atoms with Crippen molar-refractivity contribution in [3.05, 3.63) is 34.3 Å². The molecular weight excluding hydrogens is 298 g/mol.